The molecule has 0 atom stereocenters. The molecule has 0 amide bonds. The van der Waals surface area contributed by atoms with E-state index >= 15 is 0 Å². The lowest BCUT2D eigenvalue weighted by Crippen LogP contribution is -2.50. The van der Waals surface area contributed by atoms with Gasteiger partial charge in [0.2, 0.25) is 5.95 Å². The van der Waals surface area contributed by atoms with E-state index in [-0.39, 0.29) is 5.54 Å². The second-order valence-electron chi connectivity index (χ2n) is 10.5. The van der Waals surface area contributed by atoms with Gasteiger partial charge >= 0.3 is 0 Å². The lowest BCUT2D eigenvalue weighted by molar-refractivity contribution is 0.0362. The monoisotopic (exact) mass is 458 g/mol. The molecule has 2 fully saturated rings. The van der Waals surface area contributed by atoms with Crippen LogP contribution in [0, 0.1) is 0 Å². The van der Waals surface area contributed by atoms with E-state index in [2.05, 4.69) is 76.3 Å². The molecule has 0 unspecified atom stereocenters. The molecule has 1 saturated carbocycles. The summed E-state index contributed by atoms with van der Waals surface area (Å²) in [5.41, 5.74) is 4.17. The van der Waals surface area contributed by atoms with Crippen LogP contribution in [-0.2, 0) is 5.54 Å². The van der Waals surface area contributed by atoms with Gasteiger partial charge in [-0.2, -0.15) is 0 Å². The molecule has 4 heteroatoms. The third-order valence-corrected chi connectivity index (χ3v) is 8.34. The van der Waals surface area contributed by atoms with Gasteiger partial charge in [-0.25, -0.2) is 4.98 Å². The Balaban J connectivity index is 1.37. The zero-order chi connectivity index (χ0) is 23.2. The van der Waals surface area contributed by atoms with Gasteiger partial charge in [0, 0.05) is 31.2 Å². The van der Waals surface area contributed by atoms with E-state index < -0.39 is 0 Å². The molecular weight excluding hydrogens is 416 g/mol. The van der Waals surface area contributed by atoms with Gasteiger partial charge in [-0.1, -0.05) is 87.9 Å². The Bertz CT molecular complexity index is 1020. The Labute approximate surface area is 205 Å². The van der Waals surface area contributed by atoms with Crippen molar-refractivity contribution in [2.75, 3.05) is 25.0 Å². The summed E-state index contributed by atoms with van der Waals surface area (Å²) in [6.07, 6.45) is 14.2. The van der Waals surface area contributed by atoms with Crippen LogP contribution in [0.3, 0.4) is 0 Å². The quantitative estimate of drug-likeness (QED) is 0.280. The van der Waals surface area contributed by atoms with E-state index in [1.54, 1.807) is 5.56 Å². The number of imidazole rings is 1. The Kier molecular flexibility index (Phi) is 7.54. The van der Waals surface area contributed by atoms with Crippen molar-refractivity contribution in [2.45, 2.75) is 89.1 Å². The highest BCUT2D eigenvalue weighted by molar-refractivity contribution is 5.78. The molecule has 0 spiro atoms. The van der Waals surface area contributed by atoms with Crippen LogP contribution < -0.4 is 5.32 Å². The zero-order valence-electron chi connectivity index (χ0n) is 21.0. The van der Waals surface area contributed by atoms with Crippen LogP contribution in [0.5, 0.6) is 0 Å². The number of piperidine rings is 1. The molecule has 2 aromatic carbocycles. The van der Waals surface area contributed by atoms with Crippen LogP contribution >= 0.6 is 0 Å². The fourth-order valence-electron chi connectivity index (χ4n) is 6.52. The number of rotatable bonds is 8. The number of aromatic nitrogens is 2. The number of hydrogen-bond acceptors (Lipinski definition) is 3. The number of benzene rings is 2. The van der Waals surface area contributed by atoms with Crippen LogP contribution in [0.1, 0.15) is 89.2 Å². The van der Waals surface area contributed by atoms with Gasteiger partial charge in [-0.15, -0.1) is 0 Å². The lowest BCUT2D eigenvalue weighted by Gasteiger charge is -2.48. The smallest absolute Gasteiger partial charge is 0.204 e. The van der Waals surface area contributed by atoms with E-state index in [1.165, 1.54) is 89.2 Å². The fourth-order valence-corrected chi connectivity index (χ4v) is 6.52. The Morgan fingerprint density at radius 1 is 0.882 bits per heavy atom. The van der Waals surface area contributed by atoms with Crippen LogP contribution in [-0.4, -0.2) is 34.1 Å². The highest BCUT2D eigenvalue weighted by Crippen LogP contribution is 2.44. The average Bonchev–Trinajstić information content (AvgIpc) is 3.07. The Morgan fingerprint density at radius 2 is 1.59 bits per heavy atom. The minimum atomic E-state index is 0.223. The van der Waals surface area contributed by atoms with Gasteiger partial charge in [-0.3, -0.25) is 4.90 Å². The van der Waals surface area contributed by atoms with Crippen LogP contribution in [0.4, 0.5) is 5.95 Å². The summed E-state index contributed by atoms with van der Waals surface area (Å²) in [5, 5.41) is 3.69. The first-order valence-electron chi connectivity index (χ1n) is 13.8. The van der Waals surface area contributed by atoms with Gasteiger partial charge in [0.05, 0.1) is 11.0 Å². The molecule has 1 aliphatic carbocycles. The second-order valence-corrected chi connectivity index (χ2v) is 10.5. The number of nitrogens with zero attached hydrogens (tertiary/aromatic N) is 3. The summed E-state index contributed by atoms with van der Waals surface area (Å²) in [5.74, 6) is 1.07. The zero-order valence-corrected chi connectivity index (χ0v) is 21.0. The molecule has 2 heterocycles. The van der Waals surface area contributed by atoms with Gasteiger partial charge in [0.15, 0.2) is 0 Å². The third-order valence-electron chi connectivity index (χ3n) is 8.34. The van der Waals surface area contributed by atoms with Gasteiger partial charge in [-0.05, 0) is 49.8 Å². The van der Waals surface area contributed by atoms with E-state index in [9.17, 15) is 0 Å². The number of anilines is 1. The summed E-state index contributed by atoms with van der Waals surface area (Å²) in [6.45, 7) is 5.61. The number of nitrogens with one attached hydrogen (secondary N) is 1. The second kappa shape index (κ2) is 10.9. The highest BCUT2D eigenvalue weighted by Gasteiger charge is 2.40. The molecule has 5 rings (SSSR count). The average molecular weight is 459 g/mol. The van der Waals surface area contributed by atoms with Gasteiger partial charge in [0.25, 0.3) is 0 Å². The minimum absolute atomic E-state index is 0.223. The summed E-state index contributed by atoms with van der Waals surface area (Å²) >= 11 is 0. The molecule has 1 aliphatic heterocycles. The van der Waals surface area contributed by atoms with Crippen molar-refractivity contribution >= 4 is 17.0 Å². The normalized spacial score (nSPS) is 19.8. The van der Waals surface area contributed by atoms with Crippen molar-refractivity contribution in [3.8, 4) is 0 Å². The molecule has 34 heavy (non-hydrogen) atoms. The van der Waals surface area contributed by atoms with Crippen molar-refractivity contribution in [1.82, 2.24) is 14.5 Å². The third kappa shape index (κ3) is 4.75. The molecule has 1 N–H and O–H groups in total. The predicted molar refractivity (Wildman–Crippen MR) is 143 cm³/mol. The maximum absolute atomic E-state index is 5.01. The number of para-hydroxylation sites is 2. The number of hydrogen-bond donors (Lipinski definition) is 1. The van der Waals surface area contributed by atoms with E-state index in [1.807, 2.05) is 0 Å². The Morgan fingerprint density at radius 3 is 2.32 bits per heavy atom. The molecule has 0 radical (unpaired) electrons. The summed E-state index contributed by atoms with van der Waals surface area (Å²) in [7, 11) is 0. The SMILES string of the molecule is CCCCCNc1nc2ccccc2n1C1CCN(C2(c3ccccc3)CCCCCC2)CC1. The number of unbranched alkanes of at least 4 members (excludes halogenated alkanes) is 2. The fraction of sp³-hybridized carbons (Fsp3) is 0.567. The first-order chi connectivity index (χ1) is 16.8. The molecule has 182 valence electrons. The largest absolute Gasteiger partial charge is 0.356 e. The van der Waals surface area contributed by atoms with Crippen molar-refractivity contribution in [2.24, 2.45) is 0 Å². The molecule has 0 bridgehead atoms. The number of fused-ring (bicyclic) bond motifs is 1. The topological polar surface area (TPSA) is 33.1 Å². The molecule has 2 aliphatic rings. The van der Waals surface area contributed by atoms with Crippen molar-refractivity contribution in [3.63, 3.8) is 0 Å². The van der Waals surface area contributed by atoms with E-state index in [0.29, 0.717) is 6.04 Å². The van der Waals surface area contributed by atoms with E-state index in [0.717, 1.165) is 18.0 Å². The minimum Gasteiger partial charge on any atom is -0.356 e. The van der Waals surface area contributed by atoms with Gasteiger partial charge < -0.3 is 9.88 Å². The molecular formula is C30H42N4. The van der Waals surface area contributed by atoms with Crippen molar-refractivity contribution in [1.29, 1.82) is 0 Å². The van der Waals surface area contributed by atoms with Crippen LogP contribution in [0.25, 0.3) is 11.0 Å². The maximum Gasteiger partial charge on any atom is 0.204 e. The summed E-state index contributed by atoms with van der Waals surface area (Å²) in [6, 6.07) is 20.6. The highest BCUT2D eigenvalue weighted by atomic mass is 15.3. The van der Waals surface area contributed by atoms with E-state index in [4.69, 9.17) is 4.98 Å². The molecule has 3 aromatic rings. The van der Waals surface area contributed by atoms with Crippen molar-refractivity contribution < 1.29 is 0 Å². The van der Waals surface area contributed by atoms with Crippen molar-refractivity contribution in [3.05, 3.63) is 60.2 Å². The molecule has 1 saturated heterocycles. The number of likely N-dealkylation sites (tertiary alicyclic amines) is 1. The summed E-state index contributed by atoms with van der Waals surface area (Å²) in [4.78, 5) is 7.87. The molecule has 4 nitrogen and oxygen atoms in total. The Hall–Kier alpha value is -2.33. The summed E-state index contributed by atoms with van der Waals surface area (Å²) < 4.78 is 2.53. The lowest BCUT2D eigenvalue weighted by atomic mass is 9.79. The first kappa shape index (κ1) is 23.4. The molecule has 1 aromatic heterocycles. The van der Waals surface area contributed by atoms with Gasteiger partial charge in [0.1, 0.15) is 0 Å². The van der Waals surface area contributed by atoms with Crippen LogP contribution in [0.15, 0.2) is 54.6 Å². The van der Waals surface area contributed by atoms with Crippen LogP contribution in [0.2, 0.25) is 0 Å². The predicted octanol–water partition coefficient (Wildman–Crippen LogP) is 7.53. The first-order valence-corrected chi connectivity index (χ1v) is 13.8. The maximum atomic E-state index is 5.01. The standard InChI is InChI=1S/C30H42N4/c1-2-3-13-22-31-29-32-27-16-9-10-17-28(27)34(29)26-18-23-33(24-19-26)30(20-11-4-5-12-21-30)25-14-7-6-8-15-25/h6-10,14-17,26H,2-5,11-13,18-24H2,1H3,(H,31,32).